The smallest absolute Gasteiger partial charge is 0.164 e. The molecule has 0 bridgehead atoms. The van der Waals surface area contributed by atoms with E-state index in [1.807, 2.05) is 30.3 Å². The van der Waals surface area contributed by atoms with Gasteiger partial charge in [0.2, 0.25) is 0 Å². The van der Waals surface area contributed by atoms with Crippen molar-refractivity contribution >= 4 is 40.9 Å². The number of hydrogen-bond acceptors (Lipinski definition) is 5. The minimum Gasteiger partial charge on any atom is -0.350 e. The van der Waals surface area contributed by atoms with E-state index in [0.29, 0.717) is 21.0 Å². The second kappa shape index (κ2) is 11.0. The molecule has 0 aliphatic heterocycles. The predicted octanol–water partition coefficient (Wildman–Crippen LogP) is 3.81. The molecular weight excluding hydrogens is 429 g/mol. The molecule has 4 unspecified atom stereocenters. The summed E-state index contributed by atoms with van der Waals surface area (Å²) in [6.45, 7) is 1.44. The van der Waals surface area contributed by atoms with Gasteiger partial charge in [0.05, 0.1) is 23.3 Å². The summed E-state index contributed by atoms with van der Waals surface area (Å²) in [6, 6.07) is 13.1. The van der Waals surface area contributed by atoms with Crippen molar-refractivity contribution in [3.05, 3.63) is 42.5 Å². The summed E-state index contributed by atoms with van der Waals surface area (Å²) in [4.78, 5) is 10.1. The van der Waals surface area contributed by atoms with Gasteiger partial charge in [-0.1, -0.05) is 43.2 Å². The number of rotatable bonds is 10. The lowest BCUT2D eigenvalue weighted by molar-refractivity contribution is -0.0148. The molecule has 2 aromatic rings. The fourth-order valence-electron chi connectivity index (χ4n) is 3.69. The Morgan fingerprint density at radius 2 is 1.86 bits per heavy atom. The van der Waals surface area contributed by atoms with E-state index in [9.17, 15) is 18.5 Å². The van der Waals surface area contributed by atoms with Gasteiger partial charge in [-0.2, -0.15) is 0 Å². The molecule has 160 valence electrons. The molecule has 2 N–H and O–H groups in total. The SMILES string of the molecule is CP(O)OC(CN(O)S(=O)c1ccc2ccccc2c1)CS(=O)CC1CCCC1. The van der Waals surface area contributed by atoms with Crippen molar-refractivity contribution in [2.24, 2.45) is 5.92 Å². The van der Waals surface area contributed by atoms with Crippen molar-refractivity contribution in [1.29, 1.82) is 0 Å². The predicted molar refractivity (Wildman–Crippen MR) is 119 cm³/mol. The minimum atomic E-state index is -1.80. The third kappa shape index (κ3) is 6.89. The van der Waals surface area contributed by atoms with E-state index in [4.69, 9.17) is 4.52 Å². The molecule has 0 heterocycles. The fourth-order valence-corrected chi connectivity index (χ4v) is 6.90. The highest BCUT2D eigenvalue weighted by molar-refractivity contribution is 7.85. The maximum absolute atomic E-state index is 12.8. The van der Waals surface area contributed by atoms with Gasteiger partial charge < -0.3 is 14.6 Å². The van der Waals surface area contributed by atoms with Crippen LogP contribution in [-0.4, -0.2) is 53.8 Å². The molecular formula is C20H28NO5PS2. The first-order valence-corrected chi connectivity index (χ1v) is 14.0. The summed E-state index contributed by atoms with van der Waals surface area (Å²) < 4.78 is 31.5. The molecule has 1 aliphatic rings. The van der Waals surface area contributed by atoms with Crippen LogP contribution in [0.15, 0.2) is 47.4 Å². The standard InChI is InChI=1S/C20H28NO5PS2/c1-27(23)26-19(15-28(24)14-16-6-2-3-7-16)13-21(22)29(25)20-11-10-17-8-4-5-9-18(17)12-20/h4-5,8-12,16,19,22-23H,2-3,6-7,13-15H2,1H3. The second-order valence-corrected chi connectivity index (χ2v) is 11.5. The van der Waals surface area contributed by atoms with Gasteiger partial charge in [0.1, 0.15) is 0 Å². The Kier molecular flexibility index (Phi) is 8.74. The molecule has 9 heteroatoms. The summed E-state index contributed by atoms with van der Waals surface area (Å²) in [5.74, 6) is 1.30. The molecule has 6 nitrogen and oxygen atoms in total. The first-order valence-electron chi connectivity index (χ1n) is 9.74. The van der Waals surface area contributed by atoms with Crippen LogP contribution in [0.5, 0.6) is 0 Å². The van der Waals surface area contributed by atoms with Gasteiger partial charge >= 0.3 is 0 Å². The van der Waals surface area contributed by atoms with Gasteiger partial charge in [-0.25, -0.2) is 4.21 Å². The van der Waals surface area contributed by atoms with Crippen molar-refractivity contribution in [2.45, 2.75) is 36.7 Å². The monoisotopic (exact) mass is 457 g/mol. The van der Waals surface area contributed by atoms with Crippen LogP contribution < -0.4 is 0 Å². The first kappa shape index (κ1) is 22.9. The fraction of sp³-hybridized carbons (Fsp3) is 0.500. The summed E-state index contributed by atoms with van der Waals surface area (Å²) in [5.41, 5.74) is 0. The molecule has 1 aliphatic carbocycles. The van der Waals surface area contributed by atoms with Gasteiger partial charge in [0, 0.05) is 23.2 Å². The average Bonchev–Trinajstić information content (AvgIpc) is 3.19. The molecule has 0 aromatic heterocycles. The number of nitrogens with zero attached hydrogens (tertiary/aromatic N) is 1. The highest BCUT2D eigenvalue weighted by atomic mass is 32.2. The van der Waals surface area contributed by atoms with Gasteiger partial charge in [-0.15, -0.1) is 4.47 Å². The van der Waals surface area contributed by atoms with Gasteiger partial charge in [-0.3, -0.25) is 4.21 Å². The lowest BCUT2D eigenvalue weighted by Gasteiger charge is -2.23. The van der Waals surface area contributed by atoms with Crippen LogP contribution in [0.25, 0.3) is 10.8 Å². The molecule has 4 atom stereocenters. The number of hydroxylamine groups is 1. The van der Waals surface area contributed by atoms with Crippen molar-refractivity contribution in [3.8, 4) is 0 Å². The lowest BCUT2D eigenvalue weighted by atomic mass is 10.1. The van der Waals surface area contributed by atoms with E-state index in [1.54, 1.807) is 12.1 Å². The van der Waals surface area contributed by atoms with Crippen LogP contribution in [0.2, 0.25) is 0 Å². The third-order valence-corrected chi connectivity index (χ3v) is 8.42. The highest BCUT2D eigenvalue weighted by Crippen LogP contribution is 2.30. The number of hydrogen-bond donors (Lipinski definition) is 2. The summed E-state index contributed by atoms with van der Waals surface area (Å²) >= 11 is 0. The van der Waals surface area contributed by atoms with Gasteiger partial charge in [0.15, 0.2) is 19.4 Å². The first-order chi connectivity index (χ1) is 13.9. The largest absolute Gasteiger partial charge is 0.350 e. The Bertz CT molecular complexity index is 860. The quantitative estimate of drug-likeness (QED) is 0.419. The second-order valence-electron chi connectivity index (χ2n) is 7.41. The molecule has 0 saturated heterocycles. The van der Waals surface area contributed by atoms with Crippen LogP contribution in [0.4, 0.5) is 0 Å². The maximum atomic E-state index is 12.8. The topological polar surface area (TPSA) is 87.1 Å². The number of fused-ring (bicyclic) bond motifs is 1. The highest BCUT2D eigenvalue weighted by Gasteiger charge is 2.25. The van der Waals surface area contributed by atoms with E-state index in [0.717, 1.165) is 23.6 Å². The minimum absolute atomic E-state index is 0.0942. The van der Waals surface area contributed by atoms with E-state index in [1.165, 1.54) is 19.5 Å². The zero-order valence-electron chi connectivity index (χ0n) is 16.5. The molecule has 0 spiro atoms. The Morgan fingerprint density at radius 1 is 1.17 bits per heavy atom. The summed E-state index contributed by atoms with van der Waals surface area (Å²) in [5, 5.41) is 12.4. The summed E-state index contributed by atoms with van der Waals surface area (Å²) in [7, 11) is -4.60. The Hall–Kier alpha value is -0.730. The van der Waals surface area contributed by atoms with Crippen LogP contribution in [0.1, 0.15) is 25.7 Å². The third-order valence-electron chi connectivity index (χ3n) is 5.04. The van der Waals surface area contributed by atoms with Crippen molar-refractivity contribution in [3.63, 3.8) is 0 Å². The van der Waals surface area contributed by atoms with Crippen molar-refractivity contribution in [2.75, 3.05) is 24.7 Å². The molecule has 29 heavy (non-hydrogen) atoms. The molecule has 0 radical (unpaired) electrons. The van der Waals surface area contributed by atoms with Crippen molar-refractivity contribution < 1.29 is 23.0 Å². The van der Waals surface area contributed by atoms with Crippen LogP contribution in [0.3, 0.4) is 0 Å². The van der Waals surface area contributed by atoms with E-state index in [2.05, 4.69) is 0 Å². The molecule has 1 saturated carbocycles. The maximum Gasteiger partial charge on any atom is 0.164 e. The lowest BCUT2D eigenvalue weighted by Crippen LogP contribution is -2.36. The van der Waals surface area contributed by atoms with Gasteiger partial charge in [0.25, 0.3) is 0 Å². The molecule has 0 amide bonds. The summed E-state index contributed by atoms with van der Waals surface area (Å²) in [6.07, 6.45) is 3.93. The molecule has 1 fully saturated rings. The zero-order chi connectivity index (χ0) is 20.8. The van der Waals surface area contributed by atoms with Crippen LogP contribution >= 0.6 is 8.38 Å². The Morgan fingerprint density at radius 3 is 2.55 bits per heavy atom. The molecule has 3 rings (SSSR count). The van der Waals surface area contributed by atoms with E-state index < -0.39 is 36.3 Å². The van der Waals surface area contributed by atoms with Crippen molar-refractivity contribution in [1.82, 2.24) is 4.47 Å². The van der Waals surface area contributed by atoms with Gasteiger partial charge in [-0.05, 0) is 41.7 Å². The Labute approximate surface area is 178 Å². The molecule has 2 aromatic carbocycles. The number of benzene rings is 2. The van der Waals surface area contributed by atoms with Crippen LogP contribution in [0, 0.1) is 5.92 Å². The van der Waals surface area contributed by atoms with E-state index >= 15 is 0 Å². The van der Waals surface area contributed by atoms with Crippen LogP contribution in [-0.2, 0) is 26.3 Å². The Balaban J connectivity index is 1.63. The normalized spacial score (nSPS) is 19.4. The zero-order valence-corrected chi connectivity index (χ0v) is 19.0. The van der Waals surface area contributed by atoms with E-state index in [-0.39, 0.29) is 12.3 Å². The average molecular weight is 458 g/mol.